The van der Waals surface area contributed by atoms with Crippen molar-refractivity contribution >= 4 is 21.8 Å². The Hall–Kier alpha value is -0.560. The van der Waals surface area contributed by atoms with E-state index in [1.165, 1.54) is 0 Å². The Labute approximate surface area is 125 Å². The Kier molecular flexibility index (Phi) is 5.49. The fraction of sp³-hybridized carbons (Fsp3) is 0.571. The maximum absolute atomic E-state index is 12.5. The summed E-state index contributed by atoms with van der Waals surface area (Å²) in [5, 5.41) is 3.59. The number of benzene rings is 1. The molecule has 1 aliphatic carbocycles. The monoisotopic (exact) mass is 314 g/mol. The maximum Gasteiger partial charge on any atom is 0.241 e. The minimum Gasteiger partial charge on any atom is -0.316 e. The van der Waals surface area contributed by atoms with E-state index < -0.39 is 10.0 Å². The molecule has 2 N–H and O–H groups in total. The molecule has 0 amide bonds. The number of nitrogens with one attached hydrogen (secondary N) is 2. The lowest BCUT2D eigenvalue weighted by molar-refractivity contribution is 0.551. The van der Waals surface area contributed by atoms with Gasteiger partial charge >= 0.3 is 0 Å². The van der Waals surface area contributed by atoms with Crippen molar-refractivity contribution in [1.82, 2.24) is 10.0 Å². The van der Waals surface area contributed by atoms with Crippen LogP contribution < -0.4 is 10.0 Å². The molecule has 2 rings (SSSR count). The zero-order valence-electron chi connectivity index (χ0n) is 11.9. The van der Waals surface area contributed by atoms with Crippen LogP contribution in [0.3, 0.4) is 0 Å². The van der Waals surface area contributed by atoms with Crippen LogP contribution in [0.25, 0.3) is 0 Å². The highest BCUT2D eigenvalue weighted by atomic mass is 32.2. The molecule has 0 heterocycles. The number of hydrogen-bond acceptors (Lipinski definition) is 4. The summed E-state index contributed by atoms with van der Waals surface area (Å²) in [5.41, 5.74) is 0.807. The van der Waals surface area contributed by atoms with Crippen molar-refractivity contribution in [3.63, 3.8) is 0 Å². The molecule has 1 fully saturated rings. The summed E-state index contributed by atoms with van der Waals surface area (Å²) in [4.78, 5) is 0.391. The van der Waals surface area contributed by atoms with Gasteiger partial charge < -0.3 is 5.32 Å². The van der Waals surface area contributed by atoms with Crippen molar-refractivity contribution in [2.45, 2.75) is 42.0 Å². The van der Waals surface area contributed by atoms with Gasteiger partial charge in [0.2, 0.25) is 10.0 Å². The van der Waals surface area contributed by atoms with E-state index in [0.717, 1.165) is 24.8 Å². The number of thioether (sulfide) groups is 1. The topological polar surface area (TPSA) is 58.2 Å². The number of sulfonamides is 1. The first-order chi connectivity index (χ1) is 9.56. The standard InChI is InChI=1S/C14H22N2O2S2/c1-15-10-11-5-3-4-6-14(11)20(17,18)16-12-7-8-13(9-12)19-2/h3-6,12-13,15-16H,7-10H2,1-2H3. The van der Waals surface area contributed by atoms with Crippen molar-refractivity contribution in [3.05, 3.63) is 29.8 Å². The normalized spacial score (nSPS) is 23.1. The van der Waals surface area contributed by atoms with Crippen LogP contribution in [-0.2, 0) is 16.6 Å². The minimum atomic E-state index is -3.43. The van der Waals surface area contributed by atoms with Crippen LogP contribution in [0.1, 0.15) is 24.8 Å². The molecular weight excluding hydrogens is 292 g/mol. The third kappa shape index (κ3) is 3.75. The molecule has 1 aliphatic rings. The lowest BCUT2D eigenvalue weighted by Crippen LogP contribution is -2.34. The van der Waals surface area contributed by atoms with Crippen molar-refractivity contribution in [2.24, 2.45) is 0 Å². The van der Waals surface area contributed by atoms with Gasteiger partial charge in [0.25, 0.3) is 0 Å². The van der Waals surface area contributed by atoms with Crippen LogP contribution in [0.15, 0.2) is 29.2 Å². The molecule has 0 aliphatic heterocycles. The molecule has 0 bridgehead atoms. The van der Waals surface area contributed by atoms with Gasteiger partial charge in [0.15, 0.2) is 0 Å². The fourth-order valence-corrected chi connectivity index (χ4v) is 4.97. The predicted molar refractivity (Wildman–Crippen MR) is 84.5 cm³/mol. The van der Waals surface area contributed by atoms with Crippen LogP contribution in [-0.4, -0.2) is 33.0 Å². The molecule has 2 unspecified atom stereocenters. The van der Waals surface area contributed by atoms with Crippen LogP contribution in [0.5, 0.6) is 0 Å². The summed E-state index contributed by atoms with van der Waals surface area (Å²) in [6, 6.07) is 7.23. The van der Waals surface area contributed by atoms with Crippen molar-refractivity contribution in [1.29, 1.82) is 0 Å². The van der Waals surface area contributed by atoms with Crippen LogP contribution >= 0.6 is 11.8 Å². The van der Waals surface area contributed by atoms with Gasteiger partial charge in [-0.1, -0.05) is 18.2 Å². The summed E-state index contributed by atoms with van der Waals surface area (Å²) >= 11 is 1.82. The van der Waals surface area contributed by atoms with Gasteiger partial charge in [-0.3, -0.25) is 0 Å². The third-order valence-corrected chi connectivity index (χ3v) is 6.38. The van der Waals surface area contributed by atoms with E-state index in [4.69, 9.17) is 0 Å². The largest absolute Gasteiger partial charge is 0.316 e. The zero-order valence-corrected chi connectivity index (χ0v) is 13.6. The van der Waals surface area contributed by atoms with Crippen molar-refractivity contribution in [2.75, 3.05) is 13.3 Å². The van der Waals surface area contributed by atoms with E-state index in [0.29, 0.717) is 16.7 Å². The predicted octanol–water partition coefficient (Wildman–Crippen LogP) is 1.97. The van der Waals surface area contributed by atoms with E-state index in [1.807, 2.05) is 30.9 Å². The highest BCUT2D eigenvalue weighted by Crippen LogP contribution is 2.29. The highest BCUT2D eigenvalue weighted by Gasteiger charge is 2.29. The zero-order chi connectivity index (χ0) is 14.6. The molecule has 0 aromatic heterocycles. The SMILES string of the molecule is CNCc1ccccc1S(=O)(=O)NC1CCC(SC)C1. The van der Waals surface area contributed by atoms with Crippen LogP contribution in [0.2, 0.25) is 0 Å². The Morgan fingerprint density at radius 1 is 1.30 bits per heavy atom. The minimum absolute atomic E-state index is 0.0695. The van der Waals surface area contributed by atoms with Gasteiger partial charge in [-0.25, -0.2) is 13.1 Å². The molecule has 1 aromatic rings. The smallest absolute Gasteiger partial charge is 0.241 e. The van der Waals surface area contributed by atoms with E-state index in [1.54, 1.807) is 12.1 Å². The molecule has 112 valence electrons. The molecule has 20 heavy (non-hydrogen) atoms. The van der Waals surface area contributed by atoms with E-state index in [-0.39, 0.29) is 6.04 Å². The lowest BCUT2D eigenvalue weighted by atomic mass is 10.2. The van der Waals surface area contributed by atoms with Gasteiger partial charge in [-0.2, -0.15) is 11.8 Å². The quantitative estimate of drug-likeness (QED) is 0.843. The van der Waals surface area contributed by atoms with Gasteiger partial charge in [0.1, 0.15) is 0 Å². The van der Waals surface area contributed by atoms with Crippen molar-refractivity contribution in [3.8, 4) is 0 Å². The Morgan fingerprint density at radius 3 is 2.70 bits per heavy atom. The Balaban J connectivity index is 2.14. The lowest BCUT2D eigenvalue weighted by Gasteiger charge is -2.15. The summed E-state index contributed by atoms with van der Waals surface area (Å²) in [6.45, 7) is 0.551. The molecule has 0 radical (unpaired) electrons. The van der Waals surface area contributed by atoms with E-state index >= 15 is 0 Å². The molecule has 1 aromatic carbocycles. The molecular formula is C14H22N2O2S2. The number of rotatable bonds is 6. The second kappa shape index (κ2) is 6.93. The van der Waals surface area contributed by atoms with Crippen molar-refractivity contribution < 1.29 is 8.42 Å². The first-order valence-electron chi connectivity index (χ1n) is 6.84. The highest BCUT2D eigenvalue weighted by molar-refractivity contribution is 7.99. The molecule has 4 nitrogen and oxygen atoms in total. The van der Waals surface area contributed by atoms with Gasteiger partial charge in [-0.15, -0.1) is 0 Å². The summed E-state index contributed by atoms with van der Waals surface area (Å²) in [7, 11) is -1.61. The Morgan fingerprint density at radius 2 is 2.05 bits per heavy atom. The second-order valence-corrected chi connectivity index (χ2v) is 7.95. The number of hydrogen-bond donors (Lipinski definition) is 2. The van der Waals surface area contributed by atoms with Crippen LogP contribution in [0, 0.1) is 0 Å². The Bertz CT molecular complexity index is 546. The van der Waals surface area contributed by atoms with E-state index in [9.17, 15) is 8.42 Å². The van der Waals surface area contributed by atoms with Gasteiger partial charge in [0.05, 0.1) is 4.90 Å². The molecule has 0 spiro atoms. The average molecular weight is 314 g/mol. The summed E-state index contributed by atoms with van der Waals surface area (Å²) in [6.07, 6.45) is 5.03. The first-order valence-corrected chi connectivity index (χ1v) is 9.61. The van der Waals surface area contributed by atoms with Crippen LogP contribution in [0.4, 0.5) is 0 Å². The van der Waals surface area contributed by atoms with Gasteiger partial charge in [-0.05, 0) is 44.2 Å². The molecule has 1 saturated carbocycles. The third-order valence-electron chi connectivity index (χ3n) is 3.67. The molecule has 0 saturated heterocycles. The summed E-state index contributed by atoms with van der Waals surface area (Å²) in [5.74, 6) is 0. The average Bonchev–Trinajstić information content (AvgIpc) is 2.86. The van der Waals surface area contributed by atoms with Gasteiger partial charge in [0, 0.05) is 17.8 Å². The first kappa shape index (κ1) is 15.8. The maximum atomic E-state index is 12.5. The fourth-order valence-electron chi connectivity index (χ4n) is 2.65. The summed E-state index contributed by atoms with van der Waals surface area (Å²) < 4.78 is 27.9. The molecule has 6 heteroatoms. The second-order valence-electron chi connectivity index (χ2n) is 5.13. The molecule has 2 atom stereocenters. The van der Waals surface area contributed by atoms with E-state index in [2.05, 4.69) is 16.3 Å².